The van der Waals surface area contributed by atoms with E-state index in [4.69, 9.17) is 0 Å². The van der Waals surface area contributed by atoms with Crippen LogP contribution in [0.3, 0.4) is 0 Å². The number of hydrogen-bond acceptors (Lipinski definition) is 3. The molecule has 0 spiro atoms. The van der Waals surface area contributed by atoms with Gasteiger partial charge in [0.2, 0.25) is 0 Å². The fourth-order valence-electron chi connectivity index (χ4n) is 2.06. The van der Waals surface area contributed by atoms with Crippen LogP contribution in [0.5, 0.6) is 0 Å². The molecule has 4 heteroatoms. The van der Waals surface area contributed by atoms with Crippen LogP contribution in [0.25, 0.3) is 0 Å². The molecule has 1 aromatic rings. The molecule has 1 unspecified atom stereocenters. The van der Waals surface area contributed by atoms with Crippen molar-refractivity contribution in [3.05, 3.63) is 35.4 Å². The number of rotatable bonds is 7. The molecule has 0 saturated heterocycles. The third kappa shape index (κ3) is 6.17. The fourth-order valence-corrected chi connectivity index (χ4v) is 2.76. The van der Waals surface area contributed by atoms with Gasteiger partial charge in [-0.1, -0.05) is 29.8 Å². The number of hydrogen-bond donors (Lipinski definition) is 1. The van der Waals surface area contributed by atoms with Crippen molar-refractivity contribution in [2.45, 2.75) is 26.2 Å². The predicted molar refractivity (Wildman–Crippen MR) is 74.4 cm³/mol. The van der Waals surface area contributed by atoms with E-state index in [0.717, 1.165) is 12.8 Å². The zero-order valence-corrected chi connectivity index (χ0v) is 11.9. The average Bonchev–Trinajstić information content (AvgIpc) is 2.26. The largest absolute Gasteiger partial charge is 0.396 e. The van der Waals surface area contributed by atoms with Crippen LogP contribution in [0.4, 0.5) is 0 Å². The highest BCUT2D eigenvalue weighted by Gasteiger charge is 2.10. The molecular formula is C14H22O3S. The van der Waals surface area contributed by atoms with E-state index in [1.165, 1.54) is 17.4 Å². The number of aliphatic hydroxyl groups is 1. The van der Waals surface area contributed by atoms with E-state index < -0.39 is 9.84 Å². The number of aryl methyl sites for hydroxylation is 1. The monoisotopic (exact) mass is 270 g/mol. The molecule has 0 heterocycles. The molecule has 0 bridgehead atoms. The summed E-state index contributed by atoms with van der Waals surface area (Å²) in [7, 11) is -2.89. The second-order valence-electron chi connectivity index (χ2n) is 5.01. The van der Waals surface area contributed by atoms with Crippen molar-refractivity contribution in [3.8, 4) is 0 Å². The number of aliphatic hydroxyl groups excluding tert-OH is 1. The Kier molecular flexibility index (Phi) is 5.82. The van der Waals surface area contributed by atoms with Gasteiger partial charge in [-0.15, -0.1) is 0 Å². The normalized spacial score (nSPS) is 13.5. The van der Waals surface area contributed by atoms with Gasteiger partial charge >= 0.3 is 0 Å². The predicted octanol–water partition coefficient (Wildman–Crippen LogP) is 1.97. The van der Waals surface area contributed by atoms with Crippen LogP contribution < -0.4 is 0 Å². The lowest BCUT2D eigenvalue weighted by Gasteiger charge is -2.14. The van der Waals surface area contributed by atoms with Gasteiger partial charge in [-0.2, -0.15) is 0 Å². The zero-order valence-electron chi connectivity index (χ0n) is 11.1. The Morgan fingerprint density at radius 3 is 2.61 bits per heavy atom. The molecule has 3 nitrogen and oxygen atoms in total. The zero-order chi connectivity index (χ0) is 13.6. The van der Waals surface area contributed by atoms with E-state index in [0.29, 0.717) is 6.42 Å². The first-order chi connectivity index (χ1) is 8.40. The van der Waals surface area contributed by atoms with Gasteiger partial charge in [0, 0.05) is 18.6 Å². The maximum atomic E-state index is 11.0. The van der Waals surface area contributed by atoms with E-state index in [9.17, 15) is 13.5 Å². The lowest BCUT2D eigenvalue weighted by molar-refractivity contribution is 0.217. The summed E-state index contributed by atoms with van der Waals surface area (Å²) in [6, 6.07) is 8.21. The van der Waals surface area contributed by atoms with Gasteiger partial charge in [-0.25, -0.2) is 8.42 Å². The molecule has 0 aliphatic rings. The van der Waals surface area contributed by atoms with Crippen LogP contribution in [0, 0.1) is 12.8 Å². The number of benzene rings is 1. The smallest absolute Gasteiger partial charge is 0.147 e. The third-order valence-electron chi connectivity index (χ3n) is 2.99. The molecule has 0 aromatic heterocycles. The van der Waals surface area contributed by atoms with E-state index in [1.54, 1.807) is 0 Å². The topological polar surface area (TPSA) is 54.4 Å². The molecular weight excluding hydrogens is 248 g/mol. The first-order valence-electron chi connectivity index (χ1n) is 6.25. The van der Waals surface area contributed by atoms with Crippen LogP contribution in [-0.4, -0.2) is 32.1 Å². The minimum atomic E-state index is -2.89. The Bertz CT molecular complexity index is 466. The first kappa shape index (κ1) is 15.2. The molecule has 1 rings (SSSR count). The van der Waals surface area contributed by atoms with E-state index >= 15 is 0 Å². The summed E-state index contributed by atoms with van der Waals surface area (Å²) < 4.78 is 22.1. The Balaban J connectivity index is 2.47. The van der Waals surface area contributed by atoms with Crippen molar-refractivity contribution in [1.29, 1.82) is 0 Å². The maximum Gasteiger partial charge on any atom is 0.147 e. The molecule has 0 saturated carbocycles. The van der Waals surface area contributed by atoms with Crippen LogP contribution >= 0.6 is 0 Å². The van der Waals surface area contributed by atoms with Gasteiger partial charge in [-0.05, 0) is 37.7 Å². The fraction of sp³-hybridized carbons (Fsp3) is 0.571. The van der Waals surface area contributed by atoms with E-state index in [2.05, 4.69) is 6.07 Å². The van der Waals surface area contributed by atoms with Gasteiger partial charge < -0.3 is 5.11 Å². The SMILES string of the molecule is Cc1cccc(CC(CO)CCCS(C)(=O)=O)c1. The van der Waals surface area contributed by atoms with Crippen molar-refractivity contribution in [2.75, 3.05) is 18.6 Å². The summed E-state index contributed by atoms with van der Waals surface area (Å²) in [5.41, 5.74) is 2.41. The van der Waals surface area contributed by atoms with Crippen molar-refractivity contribution in [2.24, 2.45) is 5.92 Å². The molecule has 0 aliphatic heterocycles. The maximum absolute atomic E-state index is 11.0. The minimum absolute atomic E-state index is 0.109. The highest BCUT2D eigenvalue weighted by molar-refractivity contribution is 7.90. The lowest BCUT2D eigenvalue weighted by atomic mass is 9.95. The molecule has 102 valence electrons. The molecule has 1 atom stereocenters. The van der Waals surface area contributed by atoms with Gasteiger partial charge in [0.25, 0.3) is 0 Å². The first-order valence-corrected chi connectivity index (χ1v) is 8.31. The summed E-state index contributed by atoms with van der Waals surface area (Å²) in [5, 5.41) is 9.34. The summed E-state index contributed by atoms with van der Waals surface area (Å²) in [6.45, 7) is 2.15. The van der Waals surface area contributed by atoms with Gasteiger partial charge in [0.15, 0.2) is 0 Å². The minimum Gasteiger partial charge on any atom is -0.396 e. The van der Waals surface area contributed by atoms with Crippen LogP contribution in [0.1, 0.15) is 24.0 Å². The molecule has 0 amide bonds. The summed E-state index contributed by atoms with van der Waals surface area (Å²) >= 11 is 0. The Labute approximate surface area is 110 Å². The lowest BCUT2D eigenvalue weighted by Crippen LogP contribution is -2.12. The second-order valence-corrected chi connectivity index (χ2v) is 7.27. The molecule has 1 aromatic carbocycles. The van der Waals surface area contributed by atoms with E-state index in [1.807, 2.05) is 25.1 Å². The molecule has 0 aliphatic carbocycles. The van der Waals surface area contributed by atoms with Crippen LogP contribution in [-0.2, 0) is 16.3 Å². The van der Waals surface area contributed by atoms with E-state index in [-0.39, 0.29) is 18.3 Å². The van der Waals surface area contributed by atoms with Gasteiger partial charge in [-0.3, -0.25) is 0 Å². The summed E-state index contributed by atoms with van der Waals surface area (Å²) in [5.74, 6) is 0.352. The average molecular weight is 270 g/mol. The molecule has 0 radical (unpaired) electrons. The Morgan fingerprint density at radius 1 is 1.33 bits per heavy atom. The summed E-state index contributed by atoms with van der Waals surface area (Å²) in [6.07, 6.45) is 3.43. The third-order valence-corrected chi connectivity index (χ3v) is 4.02. The van der Waals surface area contributed by atoms with Crippen molar-refractivity contribution in [3.63, 3.8) is 0 Å². The van der Waals surface area contributed by atoms with Crippen LogP contribution in [0.15, 0.2) is 24.3 Å². The Morgan fingerprint density at radius 2 is 2.06 bits per heavy atom. The van der Waals surface area contributed by atoms with Gasteiger partial charge in [0.05, 0.1) is 0 Å². The van der Waals surface area contributed by atoms with Crippen LogP contribution in [0.2, 0.25) is 0 Å². The highest BCUT2D eigenvalue weighted by Crippen LogP contribution is 2.15. The highest BCUT2D eigenvalue weighted by atomic mass is 32.2. The summed E-state index contributed by atoms with van der Waals surface area (Å²) in [4.78, 5) is 0. The van der Waals surface area contributed by atoms with Crippen molar-refractivity contribution in [1.82, 2.24) is 0 Å². The van der Waals surface area contributed by atoms with Crippen molar-refractivity contribution < 1.29 is 13.5 Å². The standard InChI is InChI=1S/C14H22O3S/c1-12-5-3-6-13(9-12)10-14(11-15)7-4-8-18(2,16)17/h3,5-6,9,14-15H,4,7-8,10-11H2,1-2H3. The second kappa shape index (κ2) is 6.90. The van der Waals surface area contributed by atoms with Gasteiger partial charge in [0.1, 0.15) is 9.84 Å². The van der Waals surface area contributed by atoms with Crippen molar-refractivity contribution >= 4 is 9.84 Å². The Hall–Kier alpha value is -0.870. The molecule has 18 heavy (non-hydrogen) atoms. The quantitative estimate of drug-likeness (QED) is 0.824. The number of sulfone groups is 1. The molecule has 0 fully saturated rings. The molecule has 1 N–H and O–H groups in total.